The maximum absolute atomic E-state index is 6.03. The fraction of sp³-hybridized carbons (Fsp3) is 0.455. The molecule has 17 heavy (non-hydrogen) atoms. The van der Waals surface area contributed by atoms with E-state index in [0.29, 0.717) is 0 Å². The van der Waals surface area contributed by atoms with Crippen molar-refractivity contribution in [2.45, 2.75) is 32.1 Å². The van der Waals surface area contributed by atoms with Gasteiger partial charge in [0, 0.05) is 0 Å². The molecule has 2 nitrogen and oxygen atoms in total. The van der Waals surface area contributed by atoms with Crippen molar-refractivity contribution in [3.8, 4) is 0 Å². The van der Waals surface area contributed by atoms with E-state index in [1.165, 1.54) is 0 Å². The highest BCUT2D eigenvalue weighted by Gasteiger charge is 2.41. The monoisotopic (exact) mass is 312 g/mol. The van der Waals surface area contributed by atoms with E-state index in [0.717, 1.165) is 5.56 Å². The van der Waals surface area contributed by atoms with Crippen LogP contribution in [0.4, 0.5) is 0 Å². The smallest absolute Gasteiger partial charge is 0.230 e. The Labute approximate surface area is 117 Å². The summed E-state index contributed by atoms with van der Waals surface area (Å²) in [5.41, 5.74) is -0.270. The predicted octanol–water partition coefficient (Wildman–Crippen LogP) is 4.67. The summed E-state index contributed by atoms with van der Waals surface area (Å²) >= 11 is 18.1. The lowest BCUT2D eigenvalue weighted by Crippen LogP contribution is -2.30. The summed E-state index contributed by atoms with van der Waals surface area (Å²) in [7, 11) is 0. The van der Waals surface area contributed by atoms with Crippen LogP contribution in [0.15, 0.2) is 30.3 Å². The summed E-state index contributed by atoms with van der Waals surface area (Å²) in [5, 5.41) is 0. The van der Waals surface area contributed by atoms with Crippen molar-refractivity contribution in [3.05, 3.63) is 35.9 Å². The van der Waals surface area contributed by atoms with Gasteiger partial charge >= 0.3 is 6.00 Å². The van der Waals surface area contributed by atoms with Crippen LogP contribution in [0.3, 0.4) is 0 Å². The van der Waals surface area contributed by atoms with E-state index < -0.39 is 17.3 Å². The molecule has 0 fully saturated rings. The summed E-state index contributed by atoms with van der Waals surface area (Å²) in [6, 6.07) is 6.28. The Morgan fingerprint density at radius 2 is 1.59 bits per heavy atom. The van der Waals surface area contributed by atoms with Gasteiger partial charge in [-0.3, -0.25) is 0 Å². The number of rotatable bonds is 4. The molecule has 0 amide bonds. The van der Waals surface area contributed by atoms with Crippen molar-refractivity contribution in [2.75, 3.05) is 0 Å². The molecule has 0 saturated heterocycles. The molecule has 96 valence electrons. The first-order chi connectivity index (χ1) is 7.70. The predicted molar refractivity (Wildman–Crippen MR) is 74.4 cm³/mol. The Kier molecular flexibility index (Phi) is 5.32. The van der Waals surface area contributed by atoms with Crippen molar-refractivity contribution in [1.82, 2.24) is 0 Å². The van der Waals surface area contributed by atoms with Crippen molar-refractivity contribution in [1.29, 1.82) is 0 Å². The second-order valence-corrected chi connectivity index (χ2v) is 13.3. The van der Waals surface area contributed by atoms with Crippen LogP contribution in [-0.4, -0.2) is 11.6 Å². The first-order valence-corrected chi connectivity index (χ1v) is 10.3. The molecule has 0 saturated carbocycles. The number of benzene rings is 1. The Hall–Kier alpha value is 0.227. The molecule has 0 aromatic heterocycles. The van der Waals surface area contributed by atoms with Gasteiger partial charge in [-0.2, -0.15) is 0 Å². The minimum Gasteiger partial charge on any atom is -0.230 e. The van der Waals surface area contributed by atoms with Gasteiger partial charge < -0.3 is 0 Å². The zero-order chi connectivity index (χ0) is 13.1. The average Bonchev–Trinajstić information content (AvgIpc) is 2.15. The Morgan fingerprint density at radius 3 is 2.00 bits per heavy atom. The van der Waals surface area contributed by atoms with Gasteiger partial charge in [0.25, 0.3) is 0 Å². The van der Waals surface area contributed by atoms with Gasteiger partial charge in [-0.15, -0.1) is 33.2 Å². The molecule has 1 aromatic carbocycles. The molecule has 0 radical (unpaired) electrons. The summed E-state index contributed by atoms with van der Waals surface area (Å²) in [6.45, 7) is 5.61. The van der Waals surface area contributed by atoms with E-state index >= 15 is 0 Å². The lowest BCUT2D eigenvalue weighted by Gasteiger charge is -2.26. The van der Waals surface area contributed by atoms with Crippen LogP contribution in [0.5, 0.6) is 0 Å². The van der Waals surface area contributed by atoms with E-state index in [9.17, 15) is 0 Å². The highest BCUT2D eigenvalue weighted by Crippen LogP contribution is 2.38. The van der Waals surface area contributed by atoms with Gasteiger partial charge in [-0.25, -0.2) is 9.78 Å². The van der Waals surface area contributed by atoms with Gasteiger partial charge in [0.1, 0.15) is 0 Å². The van der Waals surface area contributed by atoms with Gasteiger partial charge in [-0.1, -0.05) is 30.3 Å². The second kappa shape index (κ2) is 5.91. The van der Waals surface area contributed by atoms with Crippen molar-refractivity contribution < 1.29 is 9.78 Å². The Morgan fingerprint density at radius 1 is 1.06 bits per heavy atom. The lowest BCUT2D eigenvalue weighted by atomic mass is 10.2. The van der Waals surface area contributed by atoms with Gasteiger partial charge in [-0.05, 0) is 26.3 Å². The molecule has 1 rings (SSSR count). The minimum atomic E-state index is -3.06. The van der Waals surface area contributed by atoms with E-state index in [-0.39, 0.29) is 0 Å². The third-order valence-electron chi connectivity index (χ3n) is 1.79. The van der Waals surface area contributed by atoms with E-state index in [1.54, 1.807) is 0 Å². The SMILES string of the molecule is CC(C)(C)OOC(c1ccccc1)[Si](Cl)(Cl)Cl. The highest BCUT2D eigenvalue weighted by atomic mass is 35.8. The van der Waals surface area contributed by atoms with Crippen LogP contribution in [0.1, 0.15) is 32.1 Å². The number of hydrogen-bond acceptors (Lipinski definition) is 2. The van der Waals surface area contributed by atoms with Crippen LogP contribution in [0, 0.1) is 0 Å². The Bertz CT molecular complexity index is 346. The number of hydrogen-bond donors (Lipinski definition) is 0. The first-order valence-electron chi connectivity index (χ1n) is 5.16. The zero-order valence-corrected chi connectivity index (χ0v) is 13.2. The first kappa shape index (κ1) is 15.3. The van der Waals surface area contributed by atoms with E-state index in [1.807, 2.05) is 51.1 Å². The molecule has 1 aromatic rings. The fourth-order valence-electron chi connectivity index (χ4n) is 1.12. The van der Waals surface area contributed by atoms with Crippen LogP contribution < -0.4 is 0 Å². The summed E-state index contributed by atoms with van der Waals surface area (Å²) < 4.78 is 0. The molecule has 0 N–H and O–H groups in total. The molecule has 0 aliphatic rings. The van der Waals surface area contributed by atoms with Gasteiger partial charge in [0.15, 0.2) is 5.73 Å². The van der Waals surface area contributed by atoms with Gasteiger partial charge in [0.2, 0.25) is 0 Å². The summed E-state index contributed by atoms with van der Waals surface area (Å²) in [4.78, 5) is 10.6. The standard InChI is InChI=1S/C11H15Cl3O2Si/c1-11(2,3)16-15-10(17(12,13)14)9-7-5-4-6-8-9/h4-8,10H,1-3H3. The maximum Gasteiger partial charge on any atom is 0.377 e. The number of halogens is 3. The van der Waals surface area contributed by atoms with Crippen LogP contribution in [0.2, 0.25) is 0 Å². The highest BCUT2D eigenvalue weighted by molar-refractivity contribution is 7.65. The third-order valence-corrected chi connectivity index (χ3v) is 4.60. The zero-order valence-electron chi connectivity index (χ0n) is 9.91. The van der Waals surface area contributed by atoms with Crippen molar-refractivity contribution >= 4 is 39.2 Å². The van der Waals surface area contributed by atoms with Crippen LogP contribution >= 0.6 is 33.2 Å². The van der Waals surface area contributed by atoms with Crippen molar-refractivity contribution in [2.24, 2.45) is 0 Å². The molecular weight excluding hydrogens is 299 g/mol. The lowest BCUT2D eigenvalue weighted by molar-refractivity contribution is -0.361. The molecule has 0 aliphatic carbocycles. The maximum atomic E-state index is 6.03. The molecule has 1 atom stereocenters. The molecular formula is C11H15Cl3O2Si. The third kappa shape index (κ3) is 5.60. The van der Waals surface area contributed by atoms with Crippen LogP contribution in [-0.2, 0) is 9.78 Å². The Balaban J connectivity index is 2.83. The molecule has 6 heteroatoms. The normalized spacial score (nSPS) is 14.7. The summed E-state index contributed by atoms with van der Waals surface area (Å²) in [5.74, 6) is 0. The summed E-state index contributed by atoms with van der Waals surface area (Å²) in [6.07, 6.45) is 0. The minimum absolute atomic E-state index is 0.447. The largest absolute Gasteiger partial charge is 0.377 e. The van der Waals surface area contributed by atoms with Crippen LogP contribution in [0.25, 0.3) is 0 Å². The quantitative estimate of drug-likeness (QED) is 0.348. The fourth-order valence-corrected chi connectivity index (χ4v) is 3.31. The molecule has 0 aliphatic heterocycles. The second-order valence-electron chi connectivity index (χ2n) is 4.62. The van der Waals surface area contributed by atoms with Crippen molar-refractivity contribution in [3.63, 3.8) is 0 Å². The molecule has 0 spiro atoms. The average molecular weight is 314 g/mol. The molecule has 0 bridgehead atoms. The van der Waals surface area contributed by atoms with Gasteiger partial charge in [0.05, 0.1) is 5.60 Å². The van der Waals surface area contributed by atoms with E-state index in [2.05, 4.69) is 0 Å². The molecule has 0 heterocycles. The topological polar surface area (TPSA) is 18.5 Å². The van der Waals surface area contributed by atoms with E-state index in [4.69, 9.17) is 43.0 Å². The molecule has 1 unspecified atom stereocenters.